The largest absolute Gasteiger partial charge is 0.381 e. The van der Waals surface area contributed by atoms with Crippen molar-refractivity contribution >= 4 is 23.4 Å². The molecule has 7 nitrogen and oxygen atoms in total. The zero-order valence-corrected chi connectivity index (χ0v) is 15.6. The van der Waals surface area contributed by atoms with Crippen molar-refractivity contribution in [2.24, 2.45) is 0 Å². The van der Waals surface area contributed by atoms with Crippen molar-refractivity contribution in [2.75, 3.05) is 12.4 Å². The van der Waals surface area contributed by atoms with E-state index in [0.717, 1.165) is 17.7 Å². The Balaban J connectivity index is 1.49. The zero-order chi connectivity index (χ0) is 19.0. The van der Waals surface area contributed by atoms with Crippen LogP contribution in [0.25, 0.3) is 0 Å². The predicted octanol–water partition coefficient (Wildman–Crippen LogP) is 1.39. The Morgan fingerprint density at radius 2 is 1.85 bits per heavy atom. The SMILES string of the molecule is CN[C@H]1CCCC[C@H]1Nc1ccc2c(c1)CN(C1CCC(=O)NC1=O)C2=O. The molecule has 1 aliphatic carbocycles. The van der Waals surface area contributed by atoms with Crippen LogP contribution in [0.3, 0.4) is 0 Å². The van der Waals surface area contributed by atoms with Crippen molar-refractivity contribution in [3.8, 4) is 0 Å². The minimum Gasteiger partial charge on any atom is -0.381 e. The number of hydrogen-bond acceptors (Lipinski definition) is 5. The first-order valence-corrected chi connectivity index (χ1v) is 9.78. The fourth-order valence-electron chi connectivity index (χ4n) is 4.53. The van der Waals surface area contributed by atoms with E-state index < -0.39 is 6.04 Å². The minimum atomic E-state index is -0.564. The van der Waals surface area contributed by atoms with E-state index in [2.05, 4.69) is 16.0 Å². The summed E-state index contributed by atoms with van der Waals surface area (Å²) in [5.41, 5.74) is 2.60. The molecule has 2 heterocycles. The number of anilines is 1. The van der Waals surface area contributed by atoms with Gasteiger partial charge < -0.3 is 15.5 Å². The third-order valence-electron chi connectivity index (χ3n) is 6.01. The first-order chi connectivity index (χ1) is 13.1. The molecule has 3 N–H and O–H groups in total. The van der Waals surface area contributed by atoms with E-state index in [9.17, 15) is 14.4 Å². The highest BCUT2D eigenvalue weighted by Gasteiger charge is 2.39. The summed E-state index contributed by atoms with van der Waals surface area (Å²) in [5.74, 6) is -0.764. The highest BCUT2D eigenvalue weighted by atomic mass is 16.2. The van der Waals surface area contributed by atoms with Crippen LogP contribution in [0.4, 0.5) is 5.69 Å². The van der Waals surface area contributed by atoms with E-state index in [-0.39, 0.29) is 24.1 Å². The predicted molar refractivity (Wildman–Crippen MR) is 101 cm³/mol. The van der Waals surface area contributed by atoms with Crippen molar-refractivity contribution in [3.63, 3.8) is 0 Å². The fourth-order valence-corrected chi connectivity index (χ4v) is 4.53. The number of nitrogens with zero attached hydrogens (tertiary/aromatic N) is 1. The van der Waals surface area contributed by atoms with Crippen LogP contribution in [0.2, 0.25) is 0 Å². The summed E-state index contributed by atoms with van der Waals surface area (Å²) in [7, 11) is 2.00. The Morgan fingerprint density at radius 3 is 2.59 bits per heavy atom. The van der Waals surface area contributed by atoms with Gasteiger partial charge in [-0.25, -0.2) is 0 Å². The van der Waals surface area contributed by atoms with Gasteiger partial charge in [0.15, 0.2) is 0 Å². The number of amides is 3. The van der Waals surface area contributed by atoms with Crippen LogP contribution in [0.5, 0.6) is 0 Å². The van der Waals surface area contributed by atoms with Gasteiger partial charge in [0.2, 0.25) is 11.8 Å². The number of likely N-dealkylation sites (N-methyl/N-ethyl adjacent to an activating group) is 1. The van der Waals surface area contributed by atoms with Crippen molar-refractivity contribution in [3.05, 3.63) is 29.3 Å². The van der Waals surface area contributed by atoms with Gasteiger partial charge in [0, 0.05) is 36.3 Å². The van der Waals surface area contributed by atoms with Gasteiger partial charge in [-0.3, -0.25) is 19.7 Å². The van der Waals surface area contributed by atoms with Crippen molar-refractivity contribution in [2.45, 2.75) is 63.2 Å². The molecular weight excluding hydrogens is 344 g/mol. The molecule has 2 fully saturated rings. The van der Waals surface area contributed by atoms with E-state index in [1.165, 1.54) is 19.3 Å². The average molecular weight is 370 g/mol. The van der Waals surface area contributed by atoms with E-state index in [0.29, 0.717) is 30.6 Å². The maximum atomic E-state index is 12.8. The van der Waals surface area contributed by atoms with Gasteiger partial charge in [0.05, 0.1) is 0 Å². The van der Waals surface area contributed by atoms with E-state index in [4.69, 9.17) is 0 Å². The lowest BCUT2D eigenvalue weighted by Gasteiger charge is -2.32. The number of benzene rings is 1. The minimum absolute atomic E-state index is 0.128. The van der Waals surface area contributed by atoms with Crippen LogP contribution in [0.1, 0.15) is 54.4 Å². The normalized spacial score (nSPS) is 28.1. The maximum absolute atomic E-state index is 12.8. The molecule has 1 aromatic rings. The lowest BCUT2D eigenvalue weighted by Crippen LogP contribution is -2.52. The summed E-state index contributed by atoms with van der Waals surface area (Å²) in [6.45, 7) is 0.413. The molecule has 7 heteroatoms. The second-order valence-corrected chi connectivity index (χ2v) is 7.70. The Hall–Kier alpha value is -2.41. The molecular formula is C20H26N4O3. The third kappa shape index (κ3) is 3.43. The standard InChI is InChI=1S/C20H26N4O3/c1-21-15-4-2-3-5-16(15)22-13-6-7-14-12(10-13)11-24(20(14)27)17-8-9-18(25)23-19(17)26/h6-7,10,15-17,21-22H,2-5,8-9,11H2,1H3,(H,23,25,26)/t15-,16+,17?/m0/s1. The molecule has 2 aliphatic heterocycles. The van der Waals surface area contributed by atoms with Crippen LogP contribution < -0.4 is 16.0 Å². The number of rotatable bonds is 4. The zero-order valence-electron chi connectivity index (χ0n) is 15.6. The second-order valence-electron chi connectivity index (χ2n) is 7.70. The third-order valence-corrected chi connectivity index (χ3v) is 6.01. The van der Waals surface area contributed by atoms with Crippen LogP contribution in [-0.2, 0) is 16.1 Å². The molecule has 3 amide bonds. The van der Waals surface area contributed by atoms with Crippen LogP contribution in [0, 0.1) is 0 Å². The number of hydrogen-bond donors (Lipinski definition) is 3. The van der Waals surface area contributed by atoms with Gasteiger partial charge in [-0.1, -0.05) is 12.8 Å². The summed E-state index contributed by atoms with van der Waals surface area (Å²) < 4.78 is 0. The van der Waals surface area contributed by atoms with Crippen molar-refractivity contribution < 1.29 is 14.4 Å². The molecule has 1 saturated carbocycles. The number of imide groups is 1. The molecule has 27 heavy (non-hydrogen) atoms. The van der Waals surface area contributed by atoms with E-state index in [1.807, 2.05) is 25.2 Å². The van der Waals surface area contributed by atoms with Gasteiger partial charge in [-0.2, -0.15) is 0 Å². The Morgan fingerprint density at radius 1 is 1.07 bits per heavy atom. The molecule has 1 aromatic carbocycles. The highest BCUT2D eigenvalue weighted by molar-refractivity contribution is 6.05. The van der Waals surface area contributed by atoms with Gasteiger partial charge in [-0.05, 0) is 50.1 Å². The first kappa shape index (κ1) is 18.0. The summed E-state index contributed by atoms with van der Waals surface area (Å²) in [4.78, 5) is 37.9. The molecule has 0 radical (unpaired) electrons. The molecule has 0 bridgehead atoms. The Bertz CT molecular complexity index is 778. The Kier molecular flexibility index (Phi) is 4.86. The molecule has 3 atom stereocenters. The maximum Gasteiger partial charge on any atom is 0.255 e. The smallest absolute Gasteiger partial charge is 0.255 e. The van der Waals surface area contributed by atoms with Gasteiger partial charge in [0.25, 0.3) is 5.91 Å². The molecule has 3 aliphatic rings. The number of piperidine rings is 1. The second kappa shape index (κ2) is 7.31. The van der Waals surface area contributed by atoms with Gasteiger partial charge >= 0.3 is 0 Å². The van der Waals surface area contributed by atoms with Crippen LogP contribution >= 0.6 is 0 Å². The summed E-state index contributed by atoms with van der Waals surface area (Å²) in [6, 6.07) is 6.10. The van der Waals surface area contributed by atoms with E-state index >= 15 is 0 Å². The molecule has 1 saturated heterocycles. The van der Waals surface area contributed by atoms with Gasteiger partial charge in [0.1, 0.15) is 6.04 Å². The molecule has 4 rings (SSSR count). The molecule has 0 aromatic heterocycles. The molecule has 0 spiro atoms. The highest BCUT2D eigenvalue weighted by Crippen LogP contribution is 2.30. The lowest BCUT2D eigenvalue weighted by atomic mass is 9.90. The number of nitrogens with one attached hydrogen (secondary N) is 3. The monoisotopic (exact) mass is 370 g/mol. The summed E-state index contributed by atoms with van der Waals surface area (Å²) >= 11 is 0. The van der Waals surface area contributed by atoms with Crippen LogP contribution in [-0.4, -0.2) is 47.8 Å². The summed E-state index contributed by atoms with van der Waals surface area (Å²) in [5, 5.41) is 9.35. The van der Waals surface area contributed by atoms with Crippen molar-refractivity contribution in [1.82, 2.24) is 15.5 Å². The first-order valence-electron chi connectivity index (χ1n) is 9.78. The average Bonchev–Trinajstić information content (AvgIpc) is 2.98. The Labute approximate surface area is 158 Å². The molecule has 1 unspecified atom stereocenters. The van der Waals surface area contributed by atoms with E-state index in [1.54, 1.807) is 4.90 Å². The molecule has 144 valence electrons. The topological polar surface area (TPSA) is 90.5 Å². The number of fused-ring (bicyclic) bond motifs is 1. The quantitative estimate of drug-likeness (QED) is 0.697. The fraction of sp³-hybridized carbons (Fsp3) is 0.550. The summed E-state index contributed by atoms with van der Waals surface area (Å²) in [6.07, 6.45) is 5.44. The van der Waals surface area contributed by atoms with Crippen LogP contribution in [0.15, 0.2) is 18.2 Å². The number of carbonyl (C=O) groups is 3. The van der Waals surface area contributed by atoms with Gasteiger partial charge in [-0.15, -0.1) is 0 Å². The number of carbonyl (C=O) groups excluding carboxylic acids is 3. The lowest BCUT2D eigenvalue weighted by molar-refractivity contribution is -0.136. The van der Waals surface area contributed by atoms with Crippen molar-refractivity contribution in [1.29, 1.82) is 0 Å².